The summed E-state index contributed by atoms with van der Waals surface area (Å²) in [4.78, 5) is 20.8. The van der Waals surface area contributed by atoms with E-state index in [0.717, 1.165) is 12.1 Å². The van der Waals surface area contributed by atoms with Crippen LogP contribution in [0.3, 0.4) is 0 Å². The van der Waals surface area contributed by atoms with Gasteiger partial charge in [-0.15, -0.1) is 0 Å². The molecule has 0 aliphatic carbocycles. The van der Waals surface area contributed by atoms with Gasteiger partial charge in [-0.2, -0.15) is 5.26 Å². The van der Waals surface area contributed by atoms with Gasteiger partial charge in [-0.05, 0) is 60.5 Å². The van der Waals surface area contributed by atoms with E-state index in [-0.39, 0.29) is 58.3 Å². The van der Waals surface area contributed by atoms with Crippen LogP contribution in [0.4, 0.5) is 13.2 Å². The first-order chi connectivity index (χ1) is 21.9. The summed E-state index contributed by atoms with van der Waals surface area (Å²) in [6, 6.07) is 15.7. The standard InChI is InChI=1S/C35H29F3N4O4/c1-19-10-23(13-31-40-28-8-6-21(34(43)44)12-29(28)42(31)30-17-45-18-35(30,2)3)27(38)14-24(19)33-25(36)7-9-32(41-33)46-16-22-5-4-20(15-39)11-26(22)37/h4-12,14,30H,13,16-18H2,1-3H3,(H,43,44)/t30-/m1/s1. The molecule has 1 saturated heterocycles. The smallest absolute Gasteiger partial charge is 0.335 e. The Kier molecular flexibility index (Phi) is 8.00. The predicted octanol–water partition coefficient (Wildman–Crippen LogP) is 7.16. The van der Waals surface area contributed by atoms with E-state index in [2.05, 4.69) is 18.8 Å². The number of pyridine rings is 1. The number of ether oxygens (including phenoxy) is 2. The summed E-state index contributed by atoms with van der Waals surface area (Å²) in [5, 5.41) is 18.6. The molecule has 0 unspecified atom stereocenters. The quantitative estimate of drug-likeness (QED) is 0.195. The number of nitriles is 1. The van der Waals surface area contributed by atoms with Crippen molar-refractivity contribution in [1.82, 2.24) is 14.5 Å². The van der Waals surface area contributed by atoms with E-state index in [1.54, 1.807) is 25.1 Å². The Morgan fingerprint density at radius 3 is 2.52 bits per heavy atom. The fourth-order valence-electron chi connectivity index (χ4n) is 5.81. The van der Waals surface area contributed by atoms with E-state index in [4.69, 9.17) is 19.7 Å². The van der Waals surface area contributed by atoms with Crippen LogP contribution in [0.5, 0.6) is 5.88 Å². The molecule has 1 N–H and O–H groups in total. The van der Waals surface area contributed by atoms with Gasteiger partial charge in [-0.3, -0.25) is 0 Å². The van der Waals surface area contributed by atoms with Crippen molar-refractivity contribution < 1.29 is 32.5 Å². The van der Waals surface area contributed by atoms with Crippen LogP contribution in [0.1, 0.15) is 58.3 Å². The molecule has 5 aromatic rings. The maximum absolute atomic E-state index is 15.8. The van der Waals surface area contributed by atoms with Gasteiger partial charge in [0.25, 0.3) is 0 Å². The van der Waals surface area contributed by atoms with Gasteiger partial charge < -0.3 is 19.1 Å². The lowest BCUT2D eigenvalue weighted by Gasteiger charge is -2.28. The van der Waals surface area contributed by atoms with Gasteiger partial charge in [-0.25, -0.2) is 27.9 Å². The number of benzene rings is 3. The van der Waals surface area contributed by atoms with E-state index in [0.29, 0.717) is 41.2 Å². The molecule has 0 bridgehead atoms. The van der Waals surface area contributed by atoms with Crippen LogP contribution in [0.25, 0.3) is 22.3 Å². The number of halogens is 3. The molecule has 1 aliphatic heterocycles. The SMILES string of the molecule is Cc1cc(Cc2nc3ccc(C(=O)O)cc3n2[C@@H]2COCC2(C)C)c(F)cc1-c1nc(OCc2ccc(C#N)cc2F)ccc1F. The van der Waals surface area contributed by atoms with Gasteiger partial charge in [0.05, 0.1) is 47.5 Å². The third kappa shape index (κ3) is 5.79. The minimum Gasteiger partial charge on any atom is -0.478 e. The lowest BCUT2D eigenvalue weighted by atomic mass is 9.87. The fourth-order valence-corrected chi connectivity index (χ4v) is 5.81. The van der Waals surface area contributed by atoms with E-state index in [9.17, 15) is 14.3 Å². The van der Waals surface area contributed by atoms with Crippen LogP contribution < -0.4 is 4.74 Å². The Morgan fingerprint density at radius 2 is 1.83 bits per heavy atom. The van der Waals surface area contributed by atoms with Crippen molar-refractivity contribution in [3.8, 4) is 23.2 Å². The van der Waals surface area contributed by atoms with E-state index >= 15 is 8.78 Å². The van der Waals surface area contributed by atoms with E-state index in [1.807, 2.05) is 10.6 Å². The summed E-state index contributed by atoms with van der Waals surface area (Å²) in [6.45, 7) is 6.52. The first-order valence-electron chi connectivity index (χ1n) is 14.5. The van der Waals surface area contributed by atoms with Gasteiger partial charge in [-0.1, -0.05) is 26.0 Å². The molecule has 1 fully saturated rings. The second-order valence-corrected chi connectivity index (χ2v) is 12.0. The van der Waals surface area contributed by atoms with E-state index < -0.39 is 23.4 Å². The van der Waals surface area contributed by atoms with Gasteiger partial charge in [0.2, 0.25) is 5.88 Å². The summed E-state index contributed by atoms with van der Waals surface area (Å²) in [5.74, 6) is -2.41. The lowest BCUT2D eigenvalue weighted by Crippen LogP contribution is -2.27. The van der Waals surface area contributed by atoms with Crippen molar-refractivity contribution in [2.75, 3.05) is 13.2 Å². The maximum atomic E-state index is 15.8. The number of rotatable bonds is 8. The number of imidazole rings is 1. The van der Waals surface area contributed by atoms with Crippen LogP contribution in [-0.2, 0) is 17.8 Å². The zero-order valence-corrected chi connectivity index (χ0v) is 25.3. The second-order valence-electron chi connectivity index (χ2n) is 12.0. The first-order valence-corrected chi connectivity index (χ1v) is 14.5. The molecule has 8 nitrogen and oxygen atoms in total. The van der Waals surface area contributed by atoms with Crippen LogP contribution in [0.15, 0.2) is 60.7 Å². The number of aromatic carboxylic acids is 1. The Labute approximate surface area is 262 Å². The largest absolute Gasteiger partial charge is 0.478 e. The predicted molar refractivity (Wildman–Crippen MR) is 163 cm³/mol. The van der Waals surface area contributed by atoms with Gasteiger partial charge in [0.15, 0.2) is 0 Å². The average molecular weight is 627 g/mol. The first kappa shape index (κ1) is 30.8. The van der Waals surface area contributed by atoms with Gasteiger partial charge >= 0.3 is 5.97 Å². The highest BCUT2D eigenvalue weighted by molar-refractivity contribution is 5.92. The average Bonchev–Trinajstić information content (AvgIpc) is 3.55. The van der Waals surface area contributed by atoms with Crippen LogP contribution in [-0.4, -0.2) is 38.8 Å². The van der Waals surface area contributed by atoms with Gasteiger partial charge in [0.1, 0.15) is 35.6 Å². The number of aryl methyl sites for hydroxylation is 1. The molecular weight excluding hydrogens is 597 g/mol. The summed E-state index contributed by atoms with van der Waals surface area (Å²) in [6.07, 6.45) is 0.0891. The third-order valence-electron chi connectivity index (χ3n) is 8.35. The van der Waals surface area contributed by atoms with Gasteiger partial charge in [0, 0.05) is 29.0 Å². The zero-order chi connectivity index (χ0) is 32.7. The van der Waals surface area contributed by atoms with Crippen LogP contribution in [0, 0.1) is 41.1 Å². The summed E-state index contributed by atoms with van der Waals surface area (Å²) >= 11 is 0. The molecule has 11 heteroatoms. The maximum Gasteiger partial charge on any atom is 0.335 e. The number of nitrogens with zero attached hydrogens (tertiary/aromatic N) is 4. The summed E-state index contributed by atoms with van der Waals surface area (Å²) in [5.41, 5.74) is 2.36. The number of carboxylic acids is 1. The molecule has 234 valence electrons. The van der Waals surface area contributed by atoms with Crippen molar-refractivity contribution in [1.29, 1.82) is 5.26 Å². The number of hydrogen-bond acceptors (Lipinski definition) is 6. The number of aromatic nitrogens is 3. The van der Waals surface area contributed by atoms with Crippen LogP contribution in [0.2, 0.25) is 0 Å². The molecule has 0 radical (unpaired) electrons. The molecule has 1 atom stereocenters. The number of hydrogen-bond donors (Lipinski definition) is 1. The van der Waals surface area contributed by atoms with Crippen molar-refractivity contribution in [2.24, 2.45) is 5.41 Å². The Hall–Kier alpha value is -5.21. The molecule has 46 heavy (non-hydrogen) atoms. The topological polar surface area (TPSA) is 110 Å². The molecular formula is C35H29F3N4O4. The lowest BCUT2D eigenvalue weighted by molar-refractivity contribution is 0.0697. The molecule has 3 aromatic carbocycles. The minimum atomic E-state index is -1.06. The Bertz CT molecular complexity index is 2050. The minimum absolute atomic E-state index is 0.0138. The highest BCUT2D eigenvalue weighted by atomic mass is 19.1. The van der Waals surface area contributed by atoms with Crippen molar-refractivity contribution in [3.63, 3.8) is 0 Å². The molecule has 1 aliphatic rings. The fraction of sp³-hybridized carbons (Fsp3) is 0.257. The molecule has 0 spiro atoms. The molecule has 3 heterocycles. The molecule has 0 amide bonds. The summed E-state index contributed by atoms with van der Waals surface area (Å²) in [7, 11) is 0. The number of fused-ring (bicyclic) bond motifs is 1. The van der Waals surface area contributed by atoms with Crippen molar-refractivity contribution in [3.05, 3.63) is 112 Å². The summed E-state index contributed by atoms with van der Waals surface area (Å²) < 4.78 is 58.5. The molecule has 6 rings (SSSR count). The van der Waals surface area contributed by atoms with Crippen molar-refractivity contribution in [2.45, 2.75) is 39.8 Å². The number of carboxylic acid groups (broad SMARTS) is 1. The molecule has 0 saturated carbocycles. The van der Waals surface area contributed by atoms with Crippen LogP contribution >= 0.6 is 0 Å². The molecule has 2 aromatic heterocycles. The number of carbonyl (C=O) groups is 1. The van der Waals surface area contributed by atoms with Crippen molar-refractivity contribution >= 4 is 17.0 Å². The normalized spacial score (nSPS) is 15.6. The van der Waals surface area contributed by atoms with E-state index in [1.165, 1.54) is 30.3 Å². The Morgan fingerprint density at radius 1 is 1.04 bits per heavy atom. The highest BCUT2D eigenvalue weighted by Crippen LogP contribution is 2.41. The Balaban J connectivity index is 1.33. The monoisotopic (exact) mass is 626 g/mol. The third-order valence-corrected chi connectivity index (χ3v) is 8.35. The zero-order valence-electron chi connectivity index (χ0n) is 25.3. The second kappa shape index (κ2) is 11.9. The highest BCUT2D eigenvalue weighted by Gasteiger charge is 2.39.